The molecule has 0 bridgehead atoms. The molecule has 1 amide bonds. The van der Waals surface area contributed by atoms with Crippen LogP contribution >= 0.6 is 0 Å². The minimum Gasteiger partial charge on any atom is -0.392 e. The lowest BCUT2D eigenvalue weighted by atomic mass is 9.90. The van der Waals surface area contributed by atoms with Crippen LogP contribution in [0.4, 0.5) is 0 Å². The first kappa shape index (κ1) is 40.7. The second-order valence-electron chi connectivity index (χ2n) is 14.6. The first-order chi connectivity index (χ1) is 27.0. The van der Waals surface area contributed by atoms with Gasteiger partial charge in [0.1, 0.15) is 6.04 Å². The van der Waals surface area contributed by atoms with Crippen LogP contribution in [0.15, 0.2) is 145 Å². The maximum Gasteiger partial charge on any atom is 0.241 e. The van der Waals surface area contributed by atoms with E-state index in [4.69, 9.17) is 9.47 Å². The zero-order valence-electron chi connectivity index (χ0n) is 32.2. The predicted octanol–water partition coefficient (Wildman–Crippen LogP) is 7.27. The van der Waals surface area contributed by atoms with Crippen molar-refractivity contribution in [3.05, 3.63) is 173 Å². The highest BCUT2D eigenvalue weighted by atomic mass is 32.2. The zero-order valence-corrected chi connectivity index (χ0v) is 33.0. The number of carbonyl (C=O) groups is 1. The number of ether oxygens (including phenoxy) is 2. The standard InChI is InChI=1S/C46H51N3O6S/c1-5-25-49(4)30-43-33(3)44(37-21-19-35(31-50)20-22-37)55-46(54-43)40-16-10-15-39(28-40)38-14-9-13-36(26-38)29-47-45(51)42(27-34-11-7-6-8-12-34)48-56(52,53)41-23-17-32(2)18-24-41/h5-24,26,28,33,42-44,46,48,50H,1,25,27,29-31H2,2-4H3,(H,47,51)/t33-,42+,43+,44+,46+/m0/s1. The van der Waals surface area contributed by atoms with Gasteiger partial charge in [-0.2, -0.15) is 4.72 Å². The lowest BCUT2D eigenvalue weighted by Gasteiger charge is -2.42. The Morgan fingerprint density at radius 3 is 2.21 bits per heavy atom. The van der Waals surface area contributed by atoms with Crippen LogP contribution in [0.2, 0.25) is 0 Å². The summed E-state index contributed by atoms with van der Waals surface area (Å²) in [6.45, 7) is 9.55. The van der Waals surface area contributed by atoms with E-state index in [2.05, 4.69) is 41.6 Å². The van der Waals surface area contributed by atoms with Crippen LogP contribution in [-0.4, -0.2) is 56.6 Å². The second kappa shape index (κ2) is 18.8. The third-order valence-corrected chi connectivity index (χ3v) is 11.7. The van der Waals surface area contributed by atoms with Gasteiger partial charge in [-0.05, 0) is 78.0 Å². The molecule has 292 valence electrons. The fourth-order valence-electron chi connectivity index (χ4n) is 6.98. The lowest BCUT2D eigenvalue weighted by molar-refractivity contribution is -0.275. The number of likely N-dealkylation sites (N-methyl/N-ethyl adjacent to an activating group) is 1. The summed E-state index contributed by atoms with van der Waals surface area (Å²) in [5.41, 5.74) is 7.29. The van der Waals surface area contributed by atoms with Gasteiger partial charge in [0.25, 0.3) is 0 Å². The Morgan fingerprint density at radius 2 is 1.52 bits per heavy atom. The molecule has 0 spiro atoms. The first-order valence-corrected chi connectivity index (χ1v) is 20.4. The van der Waals surface area contributed by atoms with Crippen LogP contribution in [0.5, 0.6) is 0 Å². The van der Waals surface area contributed by atoms with Crippen LogP contribution in [-0.2, 0) is 43.9 Å². The number of hydrogen-bond acceptors (Lipinski definition) is 7. The van der Waals surface area contributed by atoms with Crippen LogP contribution < -0.4 is 10.0 Å². The van der Waals surface area contributed by atoms with Gasteiger partial charge in [0.15, 0.2) is 6.29 Å². The summed E-state index contributed by atoms with van der Waals surface area (Å²) >= 11 is 0. The number of amides is 1. The van der Waals surface area contributed by atoms with Crippen molar-refractivity contribution in [1.29, 1.82) is 0 Å². The molecular formula is C46H51N3O6S. The van der Waals surface area contributed by atoms with E-state index < -0.39 is 28.3 Å². The van der Waals surface area contributed by atoms with E-state index in [9.17, 15) is 18.3 Å². The first-order valence-electron chi connectivity index (χ1n) is 18.9. The highest BCUT2D eigenvalue weighted by Gasteiger charge is 2.39. The van der Waals surface area contributed by atoms with Crippen LogP contribution in [0.1, 0.15) is 52.7 Å². The Labute approximate surface area is 331 Å². The van der Waals surface area contributed by atoms with E-state index in [1.807, 2.05) is 110 Å². The molecule has 6 rings (SSSR count). The summed E-state index contributed by atoms with van der Waals surface area (Å²) in [7, 11) is -1.91. The molecule has 5 atom stereocenters. The Balaban J connectivity index is 1.19. The molecule has 9 nitrogen and oxygen atoms in total. The summed E-state index contributed by atoms with van der Waals surface area (Å²) in [5.74, 6) is -0.370. The number of aliphatic hydroxyl groups excluding tert-OH is 1. The Bertz CT molecular complexity index is 2180. The Kier molecular flexibility index (Phi) is 13.7. The molecule has 0 aromatic heterocycles. The van der Waals surface area contributed by atoms with Crippen molar-refractivity contribution < 1.29 is 27.8 Å². The summed E-state index contributed by atoms with van der Waals surface area (Å²) < 4.78 is 42.8. The van der Waals surface area contributed by atoms with Gasteiger partial charge in [0.05, 0.1) is 23.7 Å². The highest BCUT2D eigenvalue weighted by Crippen LogP contribution is 2.42. The molecular weight excluding hydrogens is 723 g/mol. The zero-order chi connectivity index (χ0) is 39.7. The monoisotopic (exact) mass is 773 g/mol. The van der Waals surface area contributed by atoms with Crippen molar-refractivity contribution in [3.8, 4) is 11.1 Å². The molecule has 1 heterocycles. The van der Waals surface area contributed by atoms with E-state index in [-0.39, 0.29) is 42.6 Å². The van der Waals surface area contributed by atoms with Gasteiger partial charge in [-0.3, -0.25) is 4.79 Å². The molecule has 1 saturated heterocycles. The third-order valence-electron chi connectivity index (χ3n) is 10.2. The minimum absolute atomic E-state index is 0.0206. The maximum absolute atomic E-state index is 13.7. The molecule has 5 aromatic carbocycles. The van der Waals surface area contributed by atoms with Gasteiger partial charge in [-0.15, -0.1) is 6.58 Å². The highest BCUT2D eigenvalue weighted by molar-refractivity contribution is 7.89. The maximum atomic E-state index is 13.7. The topological polar surface area (TPSA) is 117 Å². The van der Waals surface area contributed by atoms with Crippen LogP contribution in [0.25, 0.3) is 11.1 Å². The summed E-state index contributed by atoms with van der Waals surface area (Å²) in [6, 6.07) is 38.8. The van der Waals surface area contributed by atoms with Gasteiger partial charge in [-0.25, -0.2) is 8.42 Å². The van der Waals surface area contributed by atoms with Gasteiger partial charge in [0, 0.05) is 31.1 Å². The largest absolute Gasteiger partial charge is 0.392 e. The molecule has 1 aliphatic heterocycles. The van der Waals surface area contributed by atoms with Crippen molar-refractivity contribution in [2.75, 3.05) is 20.1 Å². The third kappa shape index (κ3) is 10.5. The van der Waals surface area contributed by atoms with Crippen molar-refractivity contribution in [2.24, 2.45) is 5.92 Å². The molecule has 0 radical (unpaired) electrons. The number of aliphatic hydroxyl groups is 1. The molecule has 0 aliphatic carbocycles. The van der Waals surface area contributed by atoms with Crippen LogP contribution in [0.3, 0.4) is 0 Å². The predicted molar refractivity (Wildman–Crippen MR) is 220 cm³/mol. The van der Waals surface area contributed by atoms with E-state index in [0.29, 0.717) is 6.54 Å². The second-order valence-corrected chi connectivity index (χ2v) is 16.3. The number of rotatable bonds is 16. The van der Waals surface area contributed by atoms with Gasteiger partial charge < -0.3 is 24.8 Å². The van der Waals surface area contributed by atoms with E-state index in [1.54, 1.807) is 24.3 Å². The normalized spacial score (nSPS) is 19.0. The van der Waals surface area contributed by atoms with Crippen LogP contribution in [0, 0.1) is 12.8 Å². The fourth-order valence-corrected chi connectivity index (χ4v) is 8.17. The SMILES string of the molecule is C=CCN(C)C[C@H]1O[C@@H](c2cccc(-c3cccc(CNC(=O)[C@@H](Cc4ccccc4)NS(=O)(=O)c4ccc(C)cc4)c3)c2)O[C@@H](c2ccc(CO)cc2)[C@H]1C. The molecule has 0 saturated carbocycles. The molecule has 10 heteroatoms. The van der Waals surface area contributed by atoms with E-state index in [0.717, 1.165) is 51.1 Å². The average Bonchev–Trinajstić information content (AvgIpc) is 3.21. The molecule has 1 aliphatic rings. The van der Waals surface area contributed by atoms with Crippen molar-refractivity contribution >= 4 is 15.9 Å². The quantitative estimate of drug-likeness (QED) is 0.0904. The Morgan fingerprint density at radius 1 is 0.839 bits per heavy atom. The van der Waals surface area contributed by atoms with Crippen molar-refractivity contribution in [1.82, 2.24) is 14.9 Å². The number of benzene rings is 5. The smallest absolute Gasteiger partial charge is 0.241 e. The van der Waals surface area contributed by atoms with Crippen molar-refractivity contribution in [3.63, 3.8) is 0 Å². The van der Waals surface area contributed by atoms with Crippen molar-refractivity contribution in [2.45, 2.75) is 62.9 Å². The van der Waals surface area contributed by atoms with Gasteiger partial charge >= 0.3 is 0 Å². The number of hydrogen-bond donors (Lipinski definition) is 3. The summed E-state index contributed by atoms with van der Waals surface area (Å²) in [5, 5.41) is 12.6. The number of sulfonamides is 1. The van der Waals surface area contributed by atoms with E-state index in [1.165, 1.54) is 0 Å². The molecule has 56 heavy (non-hydrogen) atoms. The molecule has 5 aromatic rings. The number of nitrogens with one attached hydrogen (secondary N) is 2. The summed E-state index contributed by atoms with van der Waals surface area (Å²) in [4.78, 5) is 16.0. The number of aryl methyl sites for hydroxylation is 1. The molecule has 0 unspecified atom stereocenters. The average molecular weight is 774 g/mol. The Hall–Kier alpha value is -4.94. The van der Waals surface area contributed by atoms with Gasteiger partial charge in [0.2, 0.25) is 15.9 Å². The van der Waals surface area contributed by atoms with Gasteiger partial charge in [-0.1, -0.05) is 122 Å². The molecule has 3 N–H and O–H groups in total. The summed E-state index contributed by atoms with van der Waals surface area (Å²) in [6.07, 6.45) is 1.10. The molecule has 1 fully saturated rings. The van der Waals surface area contributed by atoms with E-state index >= 15 is 0 Å². The fraction of sp³-hybridized carbons (Fsp3) is 0.283. The minimum atomic E-state index is -3.97. The number of nitrogens with zero attached hydrogens (tertiary/aromatic N) is 1. The number of carbonyl (C=O) groups excluding carboxylic acids is 1. The lowest BCUT2D eigenvalue weighted by Crippen LogP contribution is -2.47.